The Balaban J connectivity index is 3.35. The van der Waals surface area contributed by atoms with E-state index in [1.807, 2.05) is 0 Å². The van der Waals surface area contributed by atoms with Gasteiger partial charge < -0.3 is 18.9 Å². The number of rotatable bonds is 22. The van der Waals surface area contributed by atoms with E-state index in [4.69, 9.17) is 9.47 Å². The van der Waals surface area contributed by atoms with Gasteiger partial charge in [0, 0.05) is 0 Å². The van der Waals surface area contributed by atoms with Crippen molar-refractivity contribution in [2.45, 2.75) is 130 Å². The molecule has 2 atom stereocenters. The van der Waals surface area contributed by atoms with Crippen LogP contribution in [-0.4, -0.2) is 30.1 Å². The number of hydrogen-bond donors (Lipinski definition) is 1. The molecule has 0 amide bonds. The third-order valence-electron chi connectivity index (χ3n) is 5.15. The van der Waals surface area contributed by atoms with Gasteiger partial charge in [-0.3, -0.25) is 0 Å². The van der Waals surface area contributed by atoms with Crippen molar-refractivity contribution in [3.05, 3.63) is 0 Å². The van der Waals surface area contributed by atoms with Gasteiger partial charge in [-0.1, -0.05) is 103 Å². The van der Waals surface area contributed by atoms with Gasteiger partial charge in [-0.2, -0.15) is 0 Å². The molecule has 0 aromatic carbocycles. The second-order valence-corrected chi connectivity index (χ2v) is 9.73. The maximum absolute atomic E-state index is 11.5. The lowest BCUT2D eigenvalue weighted by atomic mass is 10.0. The fourth-order valence-electron chi connectivity index (χ4n) is 3.37. The Kier molecular flexibility index (Phi) is 20.2. The van der Waals surface area contributed by atoms with Crippen LogP contribution in [0.15, 0.2) is 0 Å². The van der Waals surface area contributed by atoms with Gasteiger partial charge in [0.05, 0.1) is 13.2 Å². The second-order valence-electron chi connectivity index (χ2n) is 8.06. The predicted molar refractivity (Wildman–Crippen MR) is 123 cm³/mol. The Bertz CT molecular complexity index is 443. The molecule has 0 heterocycles. The quantitative estimate of drug-likeness (QED) is 0.102. The van der Waals surface area contributed by atoms with Gasteiger partial charge in [0.25, 0.3) is 0 Å². The molecular weight excluding hydrogens is 403 g/mol. The number of carbonyl (C=O) groups is 1. The Hall–Kier alpha value is -0.420. The molecule has 0 rings (SSSR count). The second kappa shape index (κ2) is 20.5. The molecule has 0 aliphatic heterocycles. The van der Waals surface area contributed by atoms with Crippen molar-refractivity contribution in [1.82, 2.24) is 0 Å². The summed E-state index contributed by atoms with van der Waals surface area (Å²) in [7, 11) is -4.36. The molecule has 6 nitrogen and oxygen atoms in total. The van der Waals surface area contributed by atoms with Crippen LogP contribution in [0, 0.1) is 0 Å². The lowest BCUT2D eigenvalue weighted by Crippen LogP contribution is -2.18. The molecule has 0 bridgehead atoms. The fourth-order valence-corrected chi connectivity index (χ4v) is 4.11. The van der Waals surface area contributed by atoms with Crippen LogP contribution in [0.5, 0.6) is 0 Å². The zero-order valence-corrected chi connectivity index (χ0v) is 20.6. The SMILES string of the molecule is CCCCCCCCCCCCCCCCCCOC(C)OC(=O)P(=O)(O)OCC. The third kappa shape index (κ3) is 18.4. The Labute approximate surface area is 185 Å². The van der Waals surface area contributed by atoms with Crippen LogP contribution in [0.4, 0.5) is 4.79 Å². The predicted octanol–water partition coefficient (Wildman–Crippen LogP) is 7.97. The molecule has 0 saturated carbocycles. The Morgan fingerprint density at radius 1 is 0.767 bits per heavy atom. The van der Waals surface area contributed by atoms with E-state index >= 15 is 0 Å². The highest BCUT2D eigenvalue weighted by Gasteiger charge is 2.33. The van der Waals surface area contributed by atoms with Gasteiger partial charge in [-0.25, -0.2) is 9.36 Å². The minimum atomic E-state index is -4.36. The lowest BCUT2D eigenvalue weighted by Gasteiger charge is -2.16. The van der Waals surface area contributed by atoms with E-state index in [1.165, 1.54) is 104 Å². The van der Waals surface area contributed by atoms with E-state index in [1.54, 1.807) is 0 Å². The number of unbranched alkanes of at least 4 members (excludes halogenated alkanes) is 15. The zero-order chi connectivity index (χ0) is 22.5. The Morgan fingerprint density at radius 3 is 1.57 bits per heavy atom. The summed E-state index contributed by atoms with van der Waals surface area (Å²) in [6, 6.07) is 0. The molecule has 0 aliphatic rings. The summed E-state index contributed by atoms with van der Waals surface area (Å²) in [6.45, 7) is 5.78. The van der Waals surface area contributed by atoms with Crippen LogP contribution in [0.3, 0.4) is 0 Å². The standard InChI is InChI=1S/C23H47O6P/c1-4-6-7-8-9-10-11-12-13-14-15-16-17-18-19-20-21-27-22(3)29-23(24)30(25,26)28-5-2/h22H,4-21H2,1-3H3,(H,25,26). The topological polar surface area (TPSA) is 82.1 Å². The van der Waals surface area contributed by atoms with E-state index in [0.29, 0.717) is 6.61 Å². The first-order valence-electron chi connectivity index (χ1n) is 12.2. The average molecular weight is 451 g/mol. The average Bonchev–Trinajstić information content (AvgIpc) is 2.70. The van der Waals surface area contributed by atoms with Gasteiger partial charge in [0.15, 0.2) is 0 Å². The molecule has 0 aromatic rings. The molecule has 0 saturated heterocycles. The molecular formula is C23H47O6P. The zero-order valence-electron chi connectivity index (χ0n) is 19.7. The largest absolute Gasteiger partial charge is 0.435 e. The molecule has 0 radical (unpaired) electrons. The first kappa shape index (κ1) is 29.6. The summed E-state index contributed by atoms with van der Waals surface area (Å²) >= 11 is 0. The molecule has 1 N–H and O–H groups in total. The molecule has 0 aromatic heterocycles. The highest BCUT2D eigenvalue weighted by molar-refractivity contribution is 7.70. The van der Waals surface area contributed by atoms with Crippen LogP contribution in [-0.2, 0) is 18.6 Å². The van der Waals surface area contributed by atoms with E-state index in [9.17, 15) is 14.3 Å². The minimum absolute atomic E-state index is 0.0304. The van der Waals surface area contributed by atoms with E-state index < -0.39 is 19.6 Å². The van der Waals surface area contributed by atoms with Gasteiger partial charge >= 0.3 is 13.3 Å². The molecule has 0 aliphatic carbocycles. The minimum Gasteiger partial charge on any atom is -0.427 e. The lowest BCUT2D eigenvalue weighted by molar-refractivity contribution is -0.0865. The summed E-state index contributed by atoms with van der Waals surface area (Å²) < 4.78 is 26.2. The van der Waals surface area contributed by atoms with Crippen molar-refractivity contribution in [2.75, 3.05) is 13.2 Å². The van der Waals surface area contributed by atoms with Gasteiger partial charge in [-0.05, 0) is 20.3 Å². The fraction of sp³-hybridized carbons (Fsp3) is 0.957. The smallest absolute Gasteiger partial charge is 0.427 e. The van der Waals surface area contributed by atoms with Crippen LogP contribution in [0.2, 0.25) is 0 Å². The summed E-state index contributed by atoms with van der Waals surface area (Å²) in [5.74, 6) is 0. The summed E-state index contributed by atoms with van der Waals surface area (Å²) in [5, 5.41) is 0. The maximum Gasteiger partial charge on any atom is 0.435 e. The number of hydrogen-bond acceptors (Lipinski definition) is 5. The van der Waals surface area contributed by atoms with Crippen LogP contribution in [0.1, 0.15) is 124 Å². The van der Waals surface area contributed by atoms with E-state index in [2.05, 4.69) is 11.4 Å². The molecule has 2 unspecified atom stereocenters. The van der Waals surface area contributed by atoms with E-state index in [-0.39, 0.29) is 6.61 Å². The third-order valence-corrected chi connectivity index (χ3v) is 6.33. The number of carbonyl (C=O) groups excluding carboxylic acids is 1. The monoisotopic (exact) mass is 450 g/mol. The maximum atomic E-state index is 11.5. The highest BCUT2D eigenvalue weighted by Crippen LogP contribution is 2.44. The summed E-state index contributed by atoms with van der Waals surface area (Å²) in [6.07, 6.45) is 20.1. The molecule has 30 heavy (non-hydrogen) atoms. The van der Waals surface area contributed by atoms with Crippen LogP contribution < -0.4 is 0 Å². The van der Waals surface area contributed by atoms with E-state index in [0.717, 1.165) is 12.8 Å². The first-order valence-corrected chi connectivity index (χ1v) is 13.8. The summed E-state index contributed by atoms with van der Waals surface area (Å²) in [4.78, 5) is 20.9. The van der Waals surface area contributed by atoms with Gasteiger partial charge in [0.2, 0.25) is 6.29 Å². The van der Waals surface area contributed by atoms with Crippen molar-refractivity contribution in [2.24, 2.45) is 0 Å². The highest BCUT2D eigenvalue weighted by atomic mass is 31.2. The molecule has 7 heteroatoms. The van der Waals surface area contributed by atoms with Gasteiger partial charge in [0.1, 0.15) is 0 Å². The van der Waals surface area contributed by atoms with Crippen molar-refractivity contribution in [1.29, 1.82) is 0 Å². The van der Waals surface area contributed by atoms with Crippen molar-refractivity contribution >= 4 is 13.3 Å². The van der Waals surface area contributed by atoms with Crippen LogP contribution in [0.25, 0.3) is 0 Å². The molecule has 0 fully saturated rings. The molecule has 180 valence electrons. The Morgan fingerprint density at radius 2 is 1.17 bits per heavy atom. The van der Waals surface area contributed by atoms with Gasteiger partial charge in [-0.15, -0.1) is 0 Å². The molecule has 0 spiro atoms. The van der Waals surface area contributed by atoms with Crippen molar-refractivity contribution < 1.29 is 28.3 Å². The van der Waals surface area contributed by atoms with Crippen LogP contribution >= 0.6 is 7.60 Å². The first-order chi connectivity index (χ1) is 14.4. The van der Waals surface area contributed by atoms with Crippen molar-refractivity contribution in [3.8, 4) is 0 Å². The summed E-state index contributed by atoms with van der Waals surface area (Å²) in [5.41, 5.74) is -1.26. The number of ether oxygens (including phenoxy) is 2. The normalized spacial score (nSPS) is 14.4. The van der Waals surface area contributed by atoms with Crippen molar-refractivity contribution in [3.63, 3.8) is 0 Å².